The molecule has 0 saturated carbocycles. The molecule has 1 aliphatic heterocycles. The molecular formula is C6H10N2O2. The van der Waals surface area contributed by atoms with E-state index in [1.165, 1.54) is 0 Å². The number of amides is 2. The van der Waals surface area contributed by atoms with Gasteiger partial charge in [0.05, 0.1) is 6.54 Å². The summed E-state index contributed by atoms with van der Waals surface area (Å²) in [6.45, 7) is -3.77. The molecule has 2 N–H and O–H groups in total. The van der Waals surface area contributed by atoms with Crippen LogP contribution in [0.25, 0.3) is 0 Å². The third-order valence-corrected chi connectivity index (χ3v) is 0.919. The molecule has 0 radical (unpaired) electrons. The van der Waals surface area contributed by atoms with Gasteiger partial charge in [0.15, 0.2) is 0 Å². The molecule has 0 aliphatic carbocycles. The summed E-state index contributed by atoms with van der Waals surface area (Å²) >= 11 is 0. The van der Waals surface area contributed by atoms with Crippen LogP contribution in [0, 0.1) is 0 Å². The van der Waals surface area contributed by atoms with Crippen LogP contribution >= 0.6 is 0 Å². The molecule has 0 spiro atoms. The fourth-order valence-corrected chi connectivity index (χ4v) is 0.534. The number of hydrogen-bond acceptors (Lipinski definition) is 2. The van der Waals surface area contributed by atoms with Gasteiger partial charge in [-0.05, 0) is 6.37 Å². The molecule has 4 heteroatoms. The van der Waals surface area contributed by atoms with Gasteiger partial charge >= 0.3 is 0 Å². The molecule has 0 bridgehead atoms. The number of nitrogens with zero attached hydrogens (tertiary/aromatic N) is 1. The molecule has 0 atom stereocenters. The first-order chi connectivity index (χ1) is 6.96. The average molecular weight is 148 g/mol. The summed E-state index contributed by atoms with van der Waals surface area (Å²) in [5, 5.41) is 0. The zero-order valence-electron chi connectivity index (χ0n) is 11.0. The Balaban J connectivity index is 3.24. The number of carbonyl (C=O) groups is 2. The van der Waals surface area contributed by atoms with Crippen LogP contribution < -0.4 is 5.73 Å². The van der Waals surface area contributed by atoms with Crippen molar-refractivity contribution in [3.8, 4) is 0 Å². The smallest absolute Gasteiger partial charge is 0.237 e. The maximum Gasteiger partial charge on any atom is 0.237 e. The van der Waals surface area contributed by atoms with Gasteiger partial charge in [0.1, 0.15) is 0 Å². The Labute approximate surface area is 67.4 Å². The predicted octanol–water partition coefficient (Wildman–Crippen LogP) is -0.906. The van der Waals surface area contributed by atoms with E-state index < -0.39 is 37.6 Å². The second-order valence-electron chi connectivity index (χ2n) is 1.72. The highest BCUT2D eigenvalue weighted by molar-refractivity contribution is 5.84. The van der Waals surface area contributed by atoms with E-state index >= 15 is 0 Å². The van der Waals surface area contributed by atoms with Crippen molar-refractivity contribution in [2.24, 2.45) is 5.73 Å². The zero-order valence-corrected chi connectivity index (χ0v) is 5.05. The SMILES string of the molecule is [2H]C1([2H])C(=O)N(CC(N)=O)C([2H])([2H])C1([2H])[2H]. The lowest BCUT2D eigenvalue weighted by molar-refractivity contribution is -0.132. The third kappa shape index (κ3) is 1.46. The molecule has 1 aliphatic rings. The monoisotopic (exact) mass is 148 g/mol. The highest BCUT2D eigenvalue weighted by Crippen LogP contribution is 2.07. The molecule has 0 aromatic rings. The Hall–Kier alpha value is -1.06. The number of nitrogens with two attached hydrogens (primary N) is 1. The van der Waals surface area contributed by atoms with Crippen molar-refractivity contribution >= 4 is 11.8 Å². The van der Waals surface area contributed by atoms with Crippen molar-refractivity contribution in [3.63, 3.8) is 0 Å². The van der Waals surface area contributed by atoms with Gasteiger partial charge in [-0.2, -0.15) is 0 Å². The maximum absolute atomic E-state index is 11.5. The summed E-state index contributed by atoms with van der Waals surface area (Å²) in [6.07, 6.45) is -6.07. The van der Waals surface area contributed by atoms with Crippen LogP contribution in [-0.4, -0.2) is 29.8 Å². The summed E-state index contributed by atoms with van der Waals surface area (Å²) < 4.78 is 43.8. The summed E-state index contributed by atoms with van der Waals surface area (Å²) in [4.78, 5) is 22.3. The van der Waals surface area contributed by atoms with Crippen LogP contribution in [-0.2, 0) is 9.59 Å². The van der Waals surface area contributed by atoms with Crippen LogP contribution in [0.1, 0.15) is 21.0 Å². The van der Waals surface area contributed by atoms with E-state index in [4.69, 9.17) is 14.0 Å². The summed E-state index contributed by atoms with van der Waals surface area (Å²) in [7, 11) is 0. The van der Waals surface area contributed by atoms with Crippen molar-refractivity contribution in [1.29, 1.82) is 0 Å². The van der Waals surface area contributed by atoms with E-state index in [1.807, 2.05) is 0 Å². The lowest BCUT2D eigenvalue weighted by atomic mass is 10.4. The molecule has 0 aromatic carbocycles. The normalized spacial score (nSPS) is 42.0. The average Bonchev–Trinajstić information content (AvgIpc) is 2.17. The van der Waals surface area contributed by atoms with Gasteiger partial charge in [-0.25, -0.2) is 0 Å². The van der Waals surface area contributed by atoms with E-state index in [-0.39, 0.29) is 4.90 Å². The Bertz CT molecular complexity index is 355. The standard InChI is InChI=1S/C6H10N2O2/c7-5(9)4-8-3-1-2-6(8)10/h1-4H2,(H2,7,9)/i1D2,2D2,3D2. The predicted molar refractivity (Wildman–Crippen MR) is 35.0 cm³/mol. The highest BCUT2D eigenvalue weighted by Gasteiger charge is 2.20. The lowest BCUT2D eigenvalue weighted by Crippen LogP contribution is -2.34. The van der Waals surface area contributed by atoms with Crippen molar-refractivity contribution in [2.75, 3.05) is 13.0 Å². The highest BCUT2D eigenvalue weighted by atomic mass is 16.2. The fraction of sp³-hybridized carbons (Fsp3) is 0.667. The first kappa shape index (κ1) is 2.53. The van der Waals surface area contributed by atoms with E-state index in [9.17, 15) is 9.59 Å². The second kappa shape index (κ2) is 2.68. The Kier molecular flexibility index (Phi) is 0.677. The fourth-order valence-electron chi connectivity index (χ4n) is 0.534. The minimum absolute atomic E-state index is 0.190. The number of carbonyl (C=O) groups excluding carboxylic acids is 2. The molecule has 1 saturated heterocycles. The van der Waals surface area contributed by atoms with Gasteiger partial charge in [-0.15, -0.1) is 0 Å². The van der Waals surface area contributed by atoms with Crippen LogP contribution in [0.3, 0.4) is 0 Å². The third-order valence-electron chi connectivity index (χ3n) is 0.919. The topological polar surface area (TPSA) is 63.4 Å². The van der Waals surface area contributed by atoms with Crippen LogP contribution in [0.15, 0.2) is 0 Å². The molecule has 2 amide bonds. The van der Waals surface area contributed by atoms with Gasteiger partial charge in [0.25, 0.3) is 0 Å². The zero-order chi connectivity index (χ0) is 12.9. The Morgan fingerprint density at radius 3 is 3.00 bits per heavy atom. The summed E-state index contributed by atoms with van der Waals surface area (Å²) in [5.41, 5.74) is 4.79. The quantitative estimate of drug-likeness (QED) is 0.551. The van der Waals surface area contributed by atoms with Gasteiger partial charge in [-0.1, -0.05) is 0 Å². The molecular weight excluding hydrogens is 132 g/mol. The van der Waals surface area contributed by atoms with E-state index in [2.05, 4.69) is 0 Å². The number of hydrogen-bond donors (Lipinski definition) is 1. The van der Waals surface area contributed by atoms with Crippen molar-refractivity contribution in [2.45, 2.75) is 12.7 Å². The molecule has 0 unspecified atom stereocenters. The Morgan fingerprint density at radius 2 is 2.60 bits per heavy atom. The van der Waals surface area contributed by atoms with Gasteiger partial charge in [0, 0.05) is 21.1 Å². The van der Waals surface area contributed by atoms with Crippen LogP contribution in [0.5, 0.6) is 0 Å². The number of primary amides is 1. The maximum atomic E-state index is 11.5. The first-order valence-electron chi connectivity index (χ1n) is 5.56. The van der Waals surface area contributed by atoms with Crippen molar-refractivity contribution < 1.29 is 17.8 Å². The molecule has 4 nitrogen and oxygen atoms in total. The van der Waals surface area contributed by atoms with E-state index in [1.54, 1.807) is 0 Å². The molecule has 1 heterocycles. The first-order valence-corrected chi connectivity index (χ1v) is 2.56. The van der Waals surface area contributed by atoms with Crippen molar-refractivity contribution in [1.82, 2.24) is 4.90 Å². The minimum atomic E-state index is -3.05. The minimum Gasteiger partial charge on any atom is -0.368 e. The Morgan fingerprint density at radius 1 is 1.90 bits per heavy atom. The number of likely N-dealkylation sites (tertiary alicyclic amines) is 1. The van der Waals surface area contributed by atoms with Gasteiger partial charge in [-0.3, -0.25) is 9.59 Å². The van der Waals surface area contributed by atoms with E-state index in [0.717, 1.165) is 0 Å². The van der Waals surface area contributed by atoms with Gasteiger partial charge < -0.3 is 10.6 Å². The van der Waals surface area contributed by atoms with Crippen LogP contribution in [0.4, 0.5) is 0 Å². The van der Waals surface area contributed by atoms with Gasteiger partial charge in [0.2, 0.25) is 11.8 Å². The van der Waals surface area contributed by atoms with E-state index in [0.29, 0.717) is 0 Å². The second-order valence-corrected chi connectivity index (χ2v) is 1.72. The van der Waals surface area contributed by atoms with Crippen molar-refractivity contribution in [3.05, 3.63) is 0 Å². The van der Waals surface area contributed by atoms with Crippen LogP contribution in [0.2, 0.25) is 0 Å². The molecule has 0 aromatic heterocycles. The summed E-state index contributed by atoms with van der Waals surface area (Å²) in [5.74, 6) is -2.45. The summed E-state index contributed by atoms with van der Waals surface area (Å²) in [6, 6.07) is 0. The lowest BCUT2D eigenvalue weighted by Gasteiger charge is -2.11. The molecule has 56 valence electrons. The molecule has 1 rings (SSSR count). The molecule has 10 heavy (non-hydrogen) atoms. The number of rotatable bonds is 2. The molecule has 1 fully saturated rings. The largest absolute Gasteiger partial charge is 0.368 e.